The number of fused-ring (bicyclic) bond motifs is 1. The highest BCUT2D eigenvalue weighted by Crippen LogP contribution is 2.21. The molecule has 0 spiro atoms. The fourth-order valence-corrected chi connectivity index (χ4v) is 2.78. The van der Waals surface area contributed by atoms with Gasteiger partial charge in [-0.3, -0.25) is 4.79 Å². The van der Waals surface area contributed by atoms with Gasteiger partial charge in [-0.2, -0.15) is 0 Å². The number of ether oxygens (including phenoxy) is 1. The van der Waals surface area contributed by atoms with E-state index in [9.17, 15) is 4.79 Å². The Hall–Kier alpha value is -3.60. The van der Waals surface area contributed by atoms with Gasteiger partial charge in [-0.15, -0.1) is 0 Å². The van der Waals surface area contributed by atoms with Crippen LogP contribution >= 0.6 is 0 Å². The summed E-state index contributed by atoms with van der Waals surface area (Å²) in [7, 11) is 0. The Bertz CT molecular complexity index is 1030. The number of aromatic nitrogens is 2. The molecule has 27 heavy (non-hydrogen) atoms. The molecule has 134 valence electrons. The quantitative estimate of drug-likeness (QED) is 0.578. The summed E-state index contributed by atoms with van der Waals surface area (Å²) in [6, 6.07) is 21.1. The lowest BCUT2D eigenvalue weighted by Gasteiger charge is -2.08. The SMILES string of the molecule is Cc1ccc(OCC(=O)Nc2ccc(-c3cn4ccccc4n3)cc2)cc1. The standard InChI is InChI=1S/C22H19N3O2/c1-16-5-11-19(12-6-16)27-15-22(26)23-18-9-7-17(8-10-18)20-14-25-13-3-2-4-21(25)24-20/h2-14H,15H2,1H3,(H,23,26). The number of hydrogen-bond donors (Lipinski definition) is 1. The van der Waals surface area contributed by atoms with Crippen LogP contribution in [0.5, 0.6) is 5.75 Å². The number of benzene rings is 2. The molecule has 0 aliphatic carbocycles. The zero-order chi connectivity index (χ0) is 18.6. The van der Waals surface area contributed by atoms with Crippen molar-refractivity contribution in [3.8, 4) is 17.0 Å². The Morgan fingerprint density at radius 1 is 1.04 bits per heavy atom. The molecule has 0 fully saturated rings. The molecule has 0 saturated heterocycles. The van der Waals surface area contributed by atoms with Crippen molar-refractivity contribution in [2.24, 2.45) is 0 Å². The highest BCUT2D eigenvalue weighted by Gasteiger charge is 2.06. The molecule has 2 aromatic carbocycles. The Balaban J connectivity index is 1.38. The largest absolute Gasteiger partial charge is 0.484 e. The summed E-state index contributed by atoms with van der Waals surface area (Å²) in [4.78, 5) is 16.7. The summed E-state index contributed by atoms with van der Waals surface area (Å²) < 4.78 is 7.48. The van der Waals surface area contributed by atoms with E-state index in [1.165, 1.54) is 0 Å². The number of carbonyl (C=O) groups is 1. The van der Waals surface area contributed by atoms with Gasteiger partial charge in [0.1, 0.15) is 11.4 Å². The summed E-state index contributed by atoms with van der Waals surface area (Å²) in [5, 5.41) is 2.84. The van der Waals surface area contributed by atoms with Crippen LogP contribution in [0.3, 0.4) is 0 Å². The van der Waals surface area contributed by atoms with Crippen molar-refractivity contribution in [2.45, 2.75) is 6.92 Å². The van der Waals surface area contributed by atoms with E-state index >= 15 is 0 Å². The normalized spacial score (nSPS) is 10.7. The molecule has 5 heteroatoms. The van der Waals surface area contributed by atoms with E-state index in [0.717, 1.165) is 28.2 Å². The number of pyridine rings is 1. The maximum Gasteiger partial charge on any atom is 0.262 e. The van der Waals surface area contributed by atoms with E-state index in [-0.39, 0.29) is 12.5 Å². The van der Waals surface area contributed by atoms with Crippen molar-refractivity contribution >= 4 is 17.2 Å². The number of imidazole rings is 1. The van der Waals surface area contributed by atoms with Gasteiger partial charge < -0.3 is 14.5 Å². The lowest BCUT2D eigenvalue weighted by atomic mass is 10.1. The van der Waals surface area contributed by atoms with Crippen molar-refractivity contribution in [3.05, 3.63) is 84.7 Å². The molecular formula is C22H19N3O2. The van der Waals surface area contributed by atoms with Crippen molar-refractivity contribution in [1.82, 2.24) is 9.38 Å². The van der Waals surface area contributed by atoms with Crippen LogP contribution in [-0.2, 0) is 4.79 Å². The van der Waals surface area contributed by atoms with Crippen molar-refractivity contribution in [3.63, 3.8) is 0 Å². The third-order valence-electron chi connectivity index (χ3n) is 4.22. The average molecular weight is 357 g/mol. The minimum atomic E-state index is -0.198. The molecule has 5 nitrogen and oxygen atoms in total. The van der Waals surface area contributed by atoms with E-state index in [4.69, 9.17) is 4.74 Å². The van der Waals surface area contributed by atoms with E-state index in [1.807, 2.05) is 90.4 Å². The van der Waals surface area contributed by atoms with Gasteiger partial charge in [0.2, 0.25) is 0 Å². The monoisotopic (exact) mass is 357 g/mol. The predicted octanol–water partition coefficient (Wildman–Crippen LogP) is 4.33. The van der Waals surface area contributed by atoms with E-state index in [2.05, 4.69) is 10.3 Å². The molecule has 0 unspecified atom stereocenters. The van der Waals surface area contributed by atoms with Crippen LogP contribution in [0.25, 0.3) is 16.9 Å². The molecule has 0 saturated carbocycles. The number of amides is 1. The van der Waals surface area contributed by atoms with Gasteiger partial charge in [0, 0.05) is 23.6 Å². The first kappa shape index (κ1) is 16.8. The minimum Gasteiger partial charge on any atom is -0.484 e. The van der Waals surface area contributed by atoms with Crippen LogP contribution in [0.15, 0.2) is 79.1 Å². The highest BCUT2D eigenvalue weighted by atomic mass is 16.5. The fraction of sp³-hybridized carbons (Fsp3) is 0.0909. The summed E-state index contributed by atoms with van der Waals surface area (Å²) in [5.41, 5.74) is 4.66. The van der Waals surface area contributed by atoms with Gasteiger partial charge in [0.15, 0.2) is 6.61 Å². The van der Waals surface area contributed by atoms with E-state index in [0.29, 0.717) is 5.75 Å². The maximum atomic E-state index is 12.1. The minimum absolute atomic E-state index is 0.0305. The fourth-order valence-electron chi connectivity index (χ4n) is 2.78. The van der Waals surface area contributed by atoms with Crippen molar-refractivity contribution in [1.29, 1.82) is 0 Å². The van der Waals surface area contributed by atoms with Gasteiger partial charge >= 0.3 is 0 Å². The van der Waals surface area contributed by atoms with E-state index in [1.54, 1.807) is 0 Å². The smallest absolute Gasteiger partial charge is 0.262 e. The van der Waals surface area contributed by atoms with Gasteiger partial charge in [-0.25, -0.2) is 4.98 Å². The number of anilines is 1. The number of nitrogens with zero attached hydrogens (tertiary/aromatic N) is 2. The molecule has 4 rings (SSSR count). The van der Waals surface area contributed by atoms with Gasteiger partial charge in [0.25, 0.3) is 5.91 Å². The predicted molar refractivity (Wildman–Crippen MR) is 106 cm³/mol. The third-order valence-corrected chi connectivity index (χ3v) is 4.22. The first-order valence-electron chi connectivity index (χ1n) is 8.71. The van der Waals surface area contributed by atoms with Crippen LogP contribution in [0, 0.1) is 6.92 Å². The summed E-state index contributed by atoms with van der Waals surface area (Å²) in [5.74, 6) is 0.481. The second-order valence-corrected chi connectivity index (χ2v) is 6.32. The molecular weight excluding hydrogens is 338 g/mol. The Morgan fingerprint density at radius 2 is 1.81 bits per heavy atom. The molecule has 2 heterocycles. The third kappa shape index (κ3) is 3.98. The van der Waals surface area contributed by atoms with Gasteiger partial charge in [-0.1, -0.05) is 35.9 Å². The van der Waals surface area contributed by atoms with Crippen LogP contribution in [0.4, 0.5) is 5.69 Å². The van der Waals surface area contributed by atoms with Crippen molar-refractivity contribution < 1.29 is 9.53 Å². The summed E-state index contributed by atoms with van der Waals surface area (Å²) >= 11 is 0. The lowest BCUT2D eigenvalue weighted by molar-refractivity contribution is -0.118. The number of rotatable bonds is 5. The first-order valence-corrected chi connectivity index (χ1v) is 8.71. The first-order chi connectivity index (χ1) is 13.2. The average Bonchev–Trinajstić information content (AvgIpc) is 3.12. The van der Waals surface area contributed by atoms with Crippen LogP contribution in [-0.4, -0.2) is 21.9 Å². The van der Waals surface area contributed by atoms with E-state index < -0.39 is 0 Å². The number of aryl methyl sites for hydroxylation is 1. The zero-order valence-electron chi connectivity index (χ0n) is 14.9. The second kappa shape index (κ2) is 7.33. The van der Waals surface area contributed by atoms with Crippen LogP contribution in [0.2, 0.25) is 0 Å². The van der Waals surface area contributed by atoms with Crippen molar-refractivity contribution in [2.75, 3.05) is 11.9 Å². The van der Waals surface area contributed by atoms with Gasteiger partial charge in [0.05, 0.1) is 5.69 Å². The second-order valence-electron chi connectivity index (χ2n) is 6.32. The Morgan fingerprint density at radius 3 is 2.56 bits per heavy atom. The summed E-state index contributed by atoms with van der Waals surface area (Å²) in [6.45, 7) is 1.98. The topological polar surface area (TPSA) is 55.6 Å². The van der Waals surface area contributed by atoms with Crippen LogP contribution in [0.1, 0.15) is 5.56 Å². The number of hydrogen-bond acceptors (Lipinski definition) is 3. The molecule has 1 N–H and O–H groups in total. The highest BCUT2D eigenvalue weighted by molar-refractivity contribution is 5.92. The van der Waals surface area contributed by atoms with Crippen LogP contribution < -0.4 is 10.1 Å². The molecule has 0 bridgehead atoms. The number of nitrogens with one attached hydrogen (secondary N) is 1. The molecule has 0 atom stereocenters. The molecule has 2 aromatic heterocycles. The molecule has 4 aromatic rings. The number of carbonyl (C=O) groups excluding carboxylic acids is 1. The molecule has 1 amide bonds. The molecule has 0 radical (unpaired) electrons. The zero-order valence-corrected chi connectivity index (χ0v) is 14.9. The van der Waals surface area contributed by atoms with Gasteiger partial charge in [-0.05, 0) is 43.3 Å². The molecule has 0 aliphatic heterocycles. The maximum absolute atomic E-state index is 12.1. The Labute approximate surface area is 157 Å². The molecule has 0 aliphatic rings. The summed E-state index contributed by atoms with van der Waals surface area (Å²) in [6.07, 6.45) is 3.95. The Kier molecular flexibility index (Phi) is 4.58. The lowest BCUT2D eigenvalue weighted by Crippen LogP contribution is -2.20.